The van der Waals surface area contributed by atoms with Crippen LogP contribution < -0.4 is 10.1 Å². The monoisotopic (exact) mass is 341 g/mol. The van der Waals surface area contributed by atoms with Crippen LogP contribution in [-0.4, -0.2) is 55.8 Å². The van der Waals surface area contributed by atoms with Crippen LogP contribution in [0.3, 0.4) is 0 Å². The molecule has 1 aromatic heterocycles. The molecule has 2 aliphatic heterocycles. The molecule has 1 aromatic carbocycles. The highest BCUT2D eigenvalue weighted by atomic mass is 16.5. The smallest absolute Gasteiger partial charge is 0.120 e. The van der Waals surface area contributed by atoms with E-state index >= 15 is 0 Å². The molecule has 5 rings (SSSR count). The molecule has 3 fully saturated rings. The van der Waals surface area contributed by atoms with Crippen molar-refractivity contribution in [3.63, 3.8) is 0 Å². The lowest BCUT2D eigenvalue weighted by Gasteiger charge is -2.22. The van der Waals surface area contributed by atoms with Crippen LogP contribution in [0, 0.1) is 11.8 Å². The summed E-state index contributed by atoms with van der Waals surface area (Å²) in [5, 5.41) is 4.57. The number of nitrogens with zero attached hydrogens (tertiary/aromatic N) is 1. The fourth-order valence-corrected chi connectivity index (χ4v) is 4.32. The molecule has 3 unspecified atom stereocenters. The van der Waals surface area contributed by atoms with Gasteiger partial charge < -0.3 is 24.7 Å². The van der Waals surface area contributed by atoms with Crippen molar-refractivity contribution in [2.45, 2.75) is 18.9 Å². The molecule has 2 saturated heterocycles. The summed E-state index contributed by atoms with van der Waals surface area (Å²) in [6.45, 7) is 7.19. The van der Waals surface area contributed by atoms with Crippen LogP contribution in [-0.2, 0) is 4.74 Å². The quantitative estimate of drug-likeness (QED) is 0.793. The Hall–Kier alpha value is -1.56. The zero-order valence-corrected chi connectivity index (χ0v) is 14.7. The van der Waals surface area contributed by atoms with E-state index in [-0.39, 0.29) is 6.10 Å². The Morgan fingerprint density at radius 3 is 2.96 bits per heavy atom. The SMILES string of the molecule is c1cc2[nH]c(C3CNCCO3)cc2cc1OCCCN1CC2CC2C1. The number of aromatic amines is 1. The lowest BCUT2D eigenvalue weighted by Crippen LogP contribution is -2.33. The zero-order valence-electron chi connectivity index (χ0n) is 14.7. The third-order valence-corrected chi connectivity index (χ3v) is 5.83. The Labute approximate surface area is 148 Å². The van der Waals surface area contributed by atoms with Crippen LogP contribution in [0.1, 0.15) is 24.6 Å². The number of piperidine rings is 1. The summed E-state index contributed by atoms with van der Waals surface area (Å²) in [4.78, 5) is 6.08. The number of fused-ring (bicyclic) bond motifs is 2. The van der Waals surface area contributed by atoms with E-state index in [9.17, 15) is 0 Å². The second-order valence-corrected chi connectivity index (χ2v) is 7.75. The molecule has 0 bridgehead atoms. The van der Waals surface area contributed by atoms with Gasteiger partial charge in [0, 0.05) is 49.3 Å². The van der Waals surface area contributed by atoms with Gasteiger partial charge in [-0.3, -0.25) is 0 Å². The van der Waals surface area contributed by atoms with Crippen molar-refractivity contribution in [3.8, 4) is 5.75 Å². The third kappa shape index (κ3) is 3.41. The number of nitrogens with one attached hydrogen (secondary N) is 2. The highest BCUT2D eigenvalue weighted by molar-refractivity contribution is 5.82. The number of rotatable bonds is 6. The van der Waals surface area contributed by atoms with Gasteiger partial charge >= 0.3 is 0 Å². The molecular formula is C20H27N3O2. The molecular weight excluding hydrogens is 314 g/mol. The van der Waals surface area contributed by atoms with Gasteiger partial charge in [-0.05, 0) is 48.9 Å². The normalized spacial score (nSPS) is 29.0. The number of H-pyrrole nitrogens is 1. The number of aromatic nitrogens is 1. The van der Waals surface area contributed by atoms with Crippen molar-refractivity contribution in [2.75, 3.05) is 45.9 Å². The van der Waals surface area contributed by atoms with Crippen molar-refractivity contribution < 1.29 is 9.47 Å². The van der Waals surface area contributed by atoms with Gasteiger partial charge in [-0.15, -0.1) is 0 Å². The summed E-state index contributed by atoms with van der Waals surface area (Å²) in [6.07, 6.45) is 2.71. The summed E-state index contributed by atoms with van der Waals surface area (Å²) < 4.78 is 11.8. The first-order valence-electron chi connectivity index (χ1n) is 9.65. The van der Waals surface area contributed by atoms with E-state index in [1.54, 1.807) is 0 Å². The van der Waals surface area contributed by atoms with Crippen LogP contribution >= 0.6 is 0 Å². The van der Waals surface area contributed by atoms with E-state index in [0.29, 0.717) is 0 Å². The molecule has 134 valence electrons. The predicted molar refractivity (Wildman–Crippen MR) is 98.0 cm³/mol. The van der Waals surface area contributed by atoms with Gasteiger partial charge in [-0.1, -0.05) is 0 Å². The molecule has 1 aliphatic carbocycles. The van der Waals surface area contributed by atoms with Gasteiger partial charge in [-0.2, -0.15) is 0 Å². The maximum Gasteiger partial charge on any atom is 0.120 e. The molecule has 0 spiro atoms. The van der Waals surface area contributed by atoms with Crippen LogP contribution in [0.2, 0.25) is 0 Å². The molecule has 25 heavy (non-hydrogen) atoms. The zero-order chi connectivity index (χ0) is 16.6. The highest BCUT2D eigenvalue weighted by Crippen LogP contribution is 2.44. The van der Waals surface area contributed by atoms with Gasteiger partial charge in [0.25, 0.3) is 0 Å². The van der Waals surface area contributed by atoms with Crippen LogP contribution in [0.4, 0.5) is 0 Å². The lowest BCUT2D eigenvalue weighted by molar-refractivity contribution is 0.0255. The first kappa shape index (κ1) is 15.7. The fourth-order valence-electron chi connectivity index (χ4n) is 4.32. The molecule has 1 saturated carbocycles. The van der Waals surface area contributed by atoms with E-state index in [2.05, 4.69) is 39.5 Å². The van der Waals surface area contributed by atoms with Crippen molar-refractivity contribution in [1.29, 1.82) is 0 Å². The largest absolute Gasteiger partial charge is 0.494 e. The van der Waals surface area contributed by atoms with Crippen LogP contribution in [0.25, 0.3) is 10.9 Å². The van der Waals surface area contributed by atoms with Crippen LogP contribution in [0.15, 0.2) is 24.3 Å². The molecule has 3 heterocycles. The maximum atomic E-state index is 5.98. The summed E-state index contributed by atoms with van der Waals surface area (Å²) in [6, 6.07) is 8.50. The fraction of sp³-hybridized carbons (Fsp3) is 0.600. The van der Waals surface area contributed by atoms with Gasteiger partial charge in [0.05, 0.1) is 13.2 Å². The summed E-state index contributed by atoms with van der Waals surface area (Å²) in [7, 11) is 0. The van der Waals surface area contributed by atoms with E-state index in [0.717, 1.165) is 61.5 Å². The predicted octanol–water partition coefficient (Wildman–Crippen LogP) is 2.55. The van der Waals surface area contributed by atoms with Crippen LogP contribution in [0.5, 0.6) is 5.75 Å². The van der Waals surface area contributed by atoms with E-state index in [1.807, 2.05) is 0 Å². The number of likely N-dealkylation sites (tertiary alicyclic amines) is 1. The number of benzene rings is 1. The van der Waals surface area contributed by atoms with E-state index in [1.165, 1.54) is 31.4 Å². The average molecular weight is 341 g/mol. The first-order valence-corrected chi connectivity index (χ1v) is 9.65. The van der Waals surface area contributed by atoms with Crippen molar-refractivity contribution in [1.82, 2.24) is 15.2 Å². The summed E-state index contributed by atoms with van der Waals surface area (Å²) >= 11 is 0. The van der Waals surface area contributed by atoms with E-state index < -0.39 is 0 Å². The molecule has 5 heteroatoms. The number of ether oxygens (including phenoxy) is 2. The number of hydrogen-bond acceptors (Lipinski definition) is 4. The minimum atomic E-state index is 0.122. The topological polar surface area (TPSA) is 49.5 Å². The lowest BCUT2D eigenvalue weighted by atomic mass is 10.2. The minimum Gasteiger partial charge on any atom is -0.494 e. The molecule has 2 aromatic rings. The Morgan fingerprint density at radius 2 is 2.12 bits per heavy atom. The Bertz CT molecular complexity index is 728. The highest BCUT2D eigenvalue weighted by Gasteiger charge is 2.44. The molecule has 3 aliphatic rings. The minimum absolute atomic E-state index is 0.122. The Kier molecular flexibility index (Phi) is 4.16. The second kappa shape index (κ2) is 6.63. The summed E-state index contributed by atoms with van der Waals surface area (Å²) in [5.41, 5.74) is 2.29. The van der Waals surface area contributed by atoms with Gasteiger partial charge in [0.1, 0.15) is 11.9 Å². The average Bonchev–Trinajstić information content (AvgIpc) is 3.07. The van der Waals surface area contributed by atoms with Gasteiger partial charge in [0.15, 0.2) is 0 Å². The van der Waals surface area contributed by atoms with Crippen molar-refractivity contribution >= 4 is 10.9 Å². The summed E-state index contributed by atoms with van der Waals surface area (Å²) in [5.74, 6) is 3.01. The first-order chi connectivity index (χ1) is 12.3. The van der Waals surface area contributed by atoms with E-state index in [4.69, 9.17) is 9.47 Å². The molecule has 0 radical (unpaired) electrons. The maximum absolute atomic E-state index is 5.98. The molecule has 2 N–H and O–H groups in total. The number of hydrogen-bond donors (Lipinski definition) is 2. The molecule has 0 amide bonds. The van der Waals surface area contributed by atoms with Crippen molar-refractivity contribution in [2.24, 2.45) is 11.8 Å². The number of morpholine rings is 1. The second-order valence-electron chi connectivity index (χ2n) is 7.75. The molecule has 5 nitrogen and oxygen atoms in total. The van der Waals surface area contributed by atoms with Gasteiger partial charge in [-0.25, -0.2) is 0 Å². The van der Waals surface area contributed by atoms with Crippen molar-refractivity contribution in [3.05, 3.63) is 30.0 Å². The Morgan fingerprint density at radius 1 is 1.20 bits per heavy atom. The molecule has 3 atom stereocenters. The standard InChI is InChI=1S/C20H27N3O2/c1(5-23-12-15-8-16(15)13-23)6-24-17-2-3-18-14(9-17)10-19(22-18)20-11-21-4-7-25-20/h2-3,9-10,15-16,20-22H,1,4-8,11-13H2. The third-order valence-electron chi connectivity index (χ3n) is 5.83. The Balaban J connectivity index is 1.16. The van der Waals surface area contributed by atoms with Gasteiger partial charge in [0.2, 0.25) is 0 Å².